The summed E-state index contributed by atoms with van der Waals surface area (Å²) in [6.07, 6.45) is 4.33. The highest BCUT2D eigenvalue weighted by atomic mass is 35.5. The van der Waals surface area contributed by atoms with Crippen LogP contribution in [0.5, 0.6) is 0 Å². The number of nitrogens with zero attached hydrogens (tertiary/aromatic N) is 1. The highest BCUT2D eigenvalue weighted by Gasteiger charge is 2.54. The molecule has 0 bridgehead atoms. The number of rotatable bonds is 2. The van der Waals surface area contributed by atoms with Gasteiger partial charge in [-0.15, -0.1) is 12.4 Å². The minimum atomic E-state index is 0. The van der Waals surface area contributed by atoms with Gasteiger partial charge in [0.1, 0.15) is 0 Å². The third-order valence-electron chi connectivity index (χ3n) is 4.23. The van der Waals surface area contributed by atoms with Crippen molar-refractivity contribution in [2.75, 3.05) is 13.1 Å². The van der Waals surface area contributed by atoms with Crippen LogP contribution in [0.15, 0.2) is 0 Å². The van der Waals surface area contributed by atoms with Crippen LogP contribution in [0.1, 0.15) is 39.5 Å². The number of halogens is 1. The van der Waals surface area contributed by atoms with Crippen LogP contribution in [0, 0.1) is 11.3 Å². The molecule has 94 valence electrons. The molecule has 1 heterocycles. The first-order valence-corrected chi connectivity index (χ1v) is 6.11. The zero-order valence-corrected chi connectivity index (χ0v) is 11.1. The summed E-state index contributed by atoms with van der Waals surface area (Å²) in [7, 11) is 0. The van der Waals surface area contributed by atoms with Gasteiger partial charge in [-0.2, -0.15) is 0 Å². The third-order valence-corrected chi connectivity index (χ3v) is 4.23. The Morgan fingerprint density at radius 1 is 1.56 bits per heavy atom. The van der Waals surface area contributed by atoms with E-state index in [4.69, 9.17) is 5.73 Å². The minimum Gasteiger partial charge on any atom is -0.341 e. The molecule has 2 N–H and O–H groups in total. The van der Waals surface area contributed by atoms with E-state index in [1.165, 1.54) is 0 Å². The van der Waals surface area contributed by atoms with Crippen LogP contribution in [0.2, 0.25) is 0 Å². The molecule has 2 fully saturated rings. The molecule has 1 saturated heterocycles. The van der Waals surface area contributed by atoms with Gasteiger partial charge in [-0.1, -0.05) is 13.8 Å². The van der Waals surface area contributed by atoms with E-state index in [1.54, 1.807) is 0 Å². The molecule has 16 heavy (non-hydrogen) atoms. The summed E-state index contributed by atoms with van der Waals surface area (Å²) in [6.45, 7) is 6.09. The molecule has 3 unspecified atom stereocenters. The van der Waals surface area contributed by atoms with Crippen molar-refractivity contribution in [2.24, 2.45) is 17.1 Å². The van der Waals surface area contributed by atoms with Crippen molar-refractivity contribution in [1.82, 2.24) is 4.90 Å². The molecule has 1 saturated carbocycles. The van der Waals surface area contributed by atoms with Crippen LogP contribution < -0.4 is 5.73 Å². The van der Waals surface area contributed by atoms with Crippen molar-refractivity contribution in [3.8, 4) is 0 Å². The van der Waals surface area contributed by atoms with Gasteiger partial charge < -0.3 is 10.6 Å². The Bertz CT molecular complexity index is 272. The van der Waals surface area contributed by atoms with Gasteiger partial charge in [0.25, 0.3) is 0 Å². The van der Waals surface area contributed by atoms with Gasteiger partial charge in [-0.25, -0.2) is 0 Å². The lowest BCUT2D eigenvalue weighted by Gasteiger charge is -2.31. The number of likely N-dealkylation sites (tertiary alicyclic amines) is 1. The summed E-state index contributed by atoms with van der Waals surface area (Å²) in [4.78, 5) is 14.1. The minimum absolute atomic E-state index is 0. The lowest BCUT2D eigenvalue weighted by atomic mass is 10.0. The van der Waals surface area contributed by atoms with Crippen LogP contribution in [-0.4, -0.2) is 29.9 Å². The average molecular weight is 247 g/mol. The van der Waals surface area contributed by atoms with Crippen molar-refractivity contribution in [3.05, 3.63) is 0 Å². The summed E-state index contributed by atoms with van der Waals surface area (Å²) in [5.74, 6) is 0.641. The van der Waals surface area contributed by atoms with Crippen molar-refractivity contribution in [2.45, 2.75) is 45.6 Å². The molecule has 1 amide bonds. The molecule has 1 aliphatic heterocycles. The molecular formula is C12H23ClN2O. The van der Waals surface area contributed by atoms with Gasteiger partial charge in [-0.3, -0.25) is 4.79 Å². The Morgan fingerprint density at radius 2 is 2.25 bits per heavy atom. The zero-order valence-electron chi connectivity index (χ0n) is 10.2. The van der Waals surface area contributed by atoms with Crippen molar-refractivity contribution < 1.29 is 4.79 Å². The quantitative estimate of drug-likeness (QED) is 0.808. The van der Waals surface area contributed by atoms with E-state index in [-0.39, 0.29) is 24.4 Å². The van der Waals surface area contributed by atoms with Gasteiger partial charge in [-0.05, 0) is 31.1 Å². The van der Waals surface area contributed by atoms with Gasteiger partial charge in [0.05, 0.1) is 0 Å². The van der Waals surface area contributed by atoms with Gasteiger partial charge in [0, 0.05) is 25.0 Å². The predicted molar refractivity (Wildman–Crippen MR) is 67.5 cm³/mol. The van der Waals surface area contributed by atoms with Crippen LogP contribution in [0.25, 0.3) is 0 Å². The summed E-state index contributed by atoms with van der Waals surface area (Å²) in [5.41, 5.74) is 6.18. The highest BCUT2D eigenvalue weighted by molar-refractivity contribution is 5.85. The lowest BCUT2D eigenvalue weighted by molar-refractivity contribution is -0.134. The smallest absolute Gasteiger partial charge is 0.226 e. The van der Waals surface area contributed by atoms with Crippen molar-refractivity contribution >= 4 is 18.3 Å². The standard InChI is InChI=1S/C12H22N2O.ClH/c1-3-12(2)7-10(12)11(15)14-6-4-5-9(13)8-14;/h9-10H,3-8,13H2,1-2H3;1H. The second-order valence-electron chi connectivity index (χ2n) is 5.45. The van der Waals surface area contributed by atoms with Crippen LogP contribution in [0.3, 0.4) is 0 Å². The molecule has 3 nitrogen and oxygen atoms in total. The van der Waals surface area contributed by atoms with Crippen molar-refractivity contribution in [1.29, 1.82) is 0 Å². The molecule has 0 spiro atoms. The third kappa shape index (κ3) is 2.51. The number of hydrogen-bond donors (Lipinski definition) is 1. The fourth-order valence-electron chi connectivity index (χ4n) is 2.61. The number of nitrogens with two attached hydrogens (primary N) is 1. The Labute approximate surface area is 104 Å². The summed E-state index contributed by atoms with van der Waals surface area (Å²) in [6, 6.07) is 0.203. The molecule has 4 heteroatoms. The lowest BCUT2D eigenvalue weighted by Crippen LogP contribution is -2.46. The van der Waals surface area contributed by atoms with E-state index >= 15 is 0 Å². The molecule has 1 aliphatic carbocycles. The first kappa shape index (κ1) is 13.8. The highest BCUT2D eigenvalue weighted by Crippen LogP contribution is 2.55. The Balaban J connectivity index is 0.00000128. The molecular weight excluding hydrogens is 224 g/mol. The van der Waals surface area contributed by atoms with Gasteiger partial charge >= 0.3 is 0 Å². The Morgan fingerprint density at radius 3 is 2.75 bits per heavy atom. The van der Waals surface area contributed by atoms with Crippen LogP contribution >= 0.6 is 12.4 Å². The van der Waals surface area contributed by atoms with Gasteiger partial charge in [0.2, 0.25) is 5.91 Å². The molecule has 0 aromatic carbocycles. The van der Waals surface area contributed by atoms with E-state index < -0.39 is 0 Å². The van der Waals surface area contributed by atoms with E-state index in [0.717, 1.165) is 38.8 Å². The van der Waals surface area contributed by atoms with E-state index in [1.807, 2.05) is 4.90 Å². The number of carbonyl (C=O) groups excluding carboxylic acids is 1. The molecule has 0 aromatic heterocycles. The number of hydrogen-bond acceptors (Lipinski definition) is 2. The van der Waals surface area contributed by atoms with Crippen LogP contribution in [0.4, 0.5) is 0 Å². The first-order valence-electron chi connectivity index (χ1n) is 6.11. The Hall–Kier alpha value is -0.280. The molecule has 3 atom stereocenters. The SMILES string of the molecule is CCC1(C)CC1C(=O)N1CCCC(N)C1.Cl. The van der Waals surface area contributed by atoms with E-state index in [2.05, 4.69) is 13.8 Å². The maximum Gasteiger partial charge on any atom is 0.226 e. The van der Waals surface area contributed by atoms with E-state index in [0.29, 0.717) is 11.3 Å². The summed E-state index contributed by atoms with van der Waals surface area (Å²) >= 11 is 0. The van der Waals surface area contributed by atoms with Crippen molar-refractivity contribution in [3.63, 3.8) is 0 Å². The van der Waals surface area contributed by atoms with Crippen LogP contribution in [-0.2, 0) is 4.79 Å². The van der Waals surface area contributed by atoms with E-state index in [9.17, 15) is 4.79 Å². The second kappa shape index (κ2) is 4.92. The maximum atomic E-state index is 12.2. The summed E-state index contributed by atoms with van der Waals surface area (Å²) in [5, 5.41) is 0. The number of amides is 1. The predicted octanol–water partition coefficient (Wildman–Crippen LogP) is 1.79. The Kier molecular flexibility index (Phi) is 4.24. The molecule has 2 aliphatic rings. The zero-order chi connectivity index (χ0) is 11.1. The van der Waals surface area contributed by atoms with Gasteiger partial charge in [0.15, 0.2) is 0 Å². The fourth-order valence-corrected chi connectivity index (χ4v) is 2.61. The normalized spacial score (nSPS) is 37.8. The summed E-state index contributed by atoms with van der Waals surface area (Å²) < 4.78 is 0. The molecule has 2 rings (SSSR count). The molecule has 0 aromatic rings. The topological polar surface area (TPSA) is 46.3 Å². The number of carbonyl (C=O) groups is 1. The number of piperidine rings is 1. The fraction of sp³-hybridized carbons (Fsp3) is 0.917. The first-order chi connectivity index (χ1) is 7.07. The maximum absolute atomic E-state index is 12.2. The molecule has 0 radical (unpaired) electrons. The average Bonchev–Trinajstić information content (AvgIpc) is 2.91. The second-order valence-corrected chi connectivity index (χ2v) is 5.45. The monoisotopic (exact) mass is 246 g/mol. The largest absolute Gasteiger partial charge is 0.341 e.